The molecule has 0 spiro atoms. The van der Waals surface area contributed by atoms with Crippen molar-refractivity contribution in [2.24, 2.45) is 5.14 Å². The van der Waals surface area contributed by atoms with Crippen molar-refractivity contribution in [1.82, 2.24) is 4.98 Å². The lowest BCUT2D eigenvalue weighted by atomic mass is 10.1. The van der Waals surface area contributed by atoms with Crippen molar-refractivity contribution in [1.29, 1.82) is 0 Å². The van der Waals surface area contributed by atoms with E-state index in [4.69, 9.17) is 0 Å². The van der Waals surface area contributed by atoms with E-state index in [0.717, 1.165) is 12.3 Å². The minimum Gasteiger partial charge on any atom is -0.264 e. The average Bonchev–Trinajstić information content (AvgIpc) is 1.99. The van der Waals surface area contributed by atoms with Gasteiger partial charge in [0.1, 0.15) is 0 Å². The van der Waals surface area contributed by atoms with E-state index in [1.165, 1.54) is 0 Å². The predicted molar refractivity (Wildman–Crippen MR) is 46.1 cm³/mol. The van der Waals surface area contributed by atoms with Crippen molar-refractivity contribution in [3.05, 3.63) is 29.6 Å². The molecule has 0 aliphatic carbocycles. The highest BCUT2D eigenvalue weighted by Gasteiger charge is 2.34. The summed E-state index contributed by atoms with van der Waals surface area (Å²) in [4.78, 5) is 3.29. The first-order valence-corrected chi connectivity index (χ1v) is 5.42. The third-order valence-electron chi connectivity index (χ3n) is 1.57. The van der Waals surface area contributed by atoms with Crippen LogP contribution in [0.25, 0.3) is 0 Å². The maximum atomic E-state index is 12.3. The molecule has 0 unspecified atom stereocenters. The first-order valence-electron chi connectivity index (χ1n) is 3.71. The van der Waals surface area contributed by atoms with Gasteiger partial charge in [-0.15, -0.1) is 0 Å². The highest BCUT2D eigenvalue weighted by Crippen LogP contribution is 2.31. The van der Waals surface area contributed by atoms with Gasteiger partial charge in [0, 0.05) is 12.4 Å². The Morgan fingerprint density at radius 3 is 2.47 bits per heavy atom. The summed E-state index contributed by atoms with van der Waals surface area (Å²) in [6.45, 7) is 0. The van der Waals surface area contributed by atoms with Gasteiger partial charge >= 0.3 is 6.18 Å². The summed E-state index contributed by atoms with van der Waals surface area (Å²) in [6.07, 6.45) is -2.98. The first kappa shape index (κ1) is 11.9. The zero-order valence-electron chi connectivity index (χ0n) is 7.32. The second kappa shape index (κ2) is 3.78. The van der Waals surface area contributed by atoms with Crippen molar-refractivity contribution >= 4 is 10.0 Å². The summed E-state index contributed by atoms with van der Waals surface area (Å²) >= 11 is 0. The zero-order valence-corrected chi connectivity index (χ0v) is 8.14. The van der Waals surface area contributed by atoms with E-state index in [0.29, 0.717) is 6.20 Å². The first-order chi connectivity index (χ1) is 6.70. The summed E-state index contributed by atoms with van der Waals surface area (Å²) in [7, 11) is -3.99. The van der Waals surface area contributed by atoms with Gasteiger partial charge < -0.3 is 0 Å². The van der Waals surface area contributed by atoms with E-state index in [9.17, 15) is 21.6 Å². The van der Waals surface area contributed by atoms with Crippen molar-refractivity contribution in [3.63, 3.8) is 0 Å². The number of alkyl halides is 3. The molecule has 1 heterocycles. The van der Waals surface area contributed by atoms with Crippen molar-refractivity contribution in [3.8, 4) is 0 Å². The van der Waals surface area contributed by atoms with Crippen LogP contribution in [0.4, 0.5) is 13.2 Å². The van der Waals surface area contributed by atoms with Crippen LogP contribution in [0, 0.1) is 0 Å². The van der Waals surface area contributed by atoms with Gasteiger partial charge in [-0.2, -0.15) is 13.2 Å². The van der Waals surface area contributed by atoms with Gasteiger partial charge in [0.2, 0.25) is 10.0 Å². The average molecular weight is 240 g/mol. The van der Waals surface area contributed by atoms with Gasteiger partial charge in [0.15, 0.2) is 0 Å². The molecule has 0 aliphatic heterocycles. The third-order valence-corrected chi connectivity index (χ3v) is 2.29. The minimum atomic E-state index is -4.63. The number of pyridine rings is 1. The molecule has 4 nitrogen and oxygen atoms in total. The summed E-state index contributed by atoms with van der Waals surface area (Å²) in [6, 6.07) is 0.979. The SMILES string of the molecule is NS(=O)(=O)Cc1ccncc1C(F)(F)F. The lowest BCUT2D eigenvalue weighted by Crippen LogP contribution is -2.18. The van der Waals surface area contributed by atoms with E-state index in [1.807, 2.05) is 0 Å². The summed E-state index contributed by atoms with van der Waals surface area (Å²) < 4.78 is 58.4. The van der Waals surface area contributed by atoms with Crippen LogP contribution in [0.1, 0.15) is 11.1 Å². The summed E-state index contributed by atoms with van der Waals surface area (Å²) in [5.74, 6) is -0.857. The molecule has 0 aliphatic rings. The van der Waals surface area contributed by atoms with Crippen molar-refractivity contribution in [2.75, 3.05) is 0 Å². The molecule has 15 heavy (non-hydrogen) atoms. The number of nitrogens with two attached hydrogens (primary N) is 1. The maximum Gasteiger partial charge on any atom is 0.418 e. The molecular formula is C7H7F3N2O2S. The Bertz CT molecular complexity index is 456. The Morgan fingerprint density at radius 1 is 1.40 bits per heavy atom. The van der Waals surface area contributed by atoms with Gasteiger partial charge in [-0.25, -0.2) is 13.6 Å². The van der Waals surface area contributed by atoms with Crippen LogP contribution in [0.2, 0.25) is 0 Å². The van der Waals surface area contributed by atoms with Crippen LogP contribution < -0.4 is 5.14 Å². The largest absolute Gasteiger partial charge is 0.418 e. The van der Waals surface area contributed by atoms with Gasteiger partial charge in [-0.3, -0.25) is 4.98 Å². The fourth-order valence-electron chi connectivity index (χ4n) is 1.02. The van der Waals surface area contributed by atoms with Gasteiger partial charge in [0.25, 0.3) is 0 Å². The monoisotopic (exact) mass is 240 g/mol. The zero-order chi connectivity index (χ0) is 11.7. The van der Waals surface area contributed by atoms with E-state index in [2.05, 4.69) is 10.1 Å². The lowest BCUT2D eigenvalue weighted by Gasteiger charge is -2.10. The van der Waals surface area contributed by atoms with Gasteiger partial charge in [-0.1, -0.05) is 0 Å². The lowest BCUT2D eigenvalue weighted by molar-refractivity contribution is -0.138. The molecule has 0 aromatic carbocycles. The molecule has 1 aromatic heterocycles. The fraction of sp³-hybridized carbons (Fsp3) is 0.286. The van der Waals surface area contributed by atoms with E-state index >= 15 is 0 Å². The number of rotatable bonds is 2. The quantitative estimate of drug-likeness (QED) is 0.834. The maximum absolute atomic E-state index is 12.3. The number of halogens is 3. The molecule has 8 heteroatoms. The number of hydrogen-bond donors (Lipinski definition) is 1. The molecule has 0 amide bonds. The molecule has 1 aromatic rings. The van der Waals surface area contributed by atoms with Crippen LogP contribution in [0.15, 0.2) is 18.5 Å². The van der Waals surface area contributed by atoms with Crippen LogP contribution in [0.3, 0.4) is 0 Å². The Morgan fingerprint density at radius 2 is 2.00 bits per heavy atom. The number of aromatic nitrogens is 1. The Hall–Kier alpha value is -1.15. The fourth-order valence-corrected chi connectivity index (χ4v) is 1.71. The number of sulfonamides is 1. The topological polar surface area (TPSA) is 73.1 Å². The Kier molecular flexibility index (Phi) is 3.00. The summed E-state index contributed by atoms with van der Waals surface area (Å²) in [5.41, 5.74) is -1.49. The molecule has 0 saturated heterocycles. The molecule has 1 rings (SSSR count). The smallest absolute Gasteiger partial charge is 0.264 e. The predicted octanol–water partition coefficient (Wildman–Crippen LogP) is 0.889. The normalized spacial score (nSPS) is 12.8. The van der Waals surface area contributed by atoms with Gasteiger partial charge in [-0.05, 0) is 11.6 Å². The van der Waals surface area contributed by atoms with E-state index < -0.39 is 33.1 Å². The molecular weight excluding hydrogens is 233 g/mol. The van der Waals surface area contributed by atoms with Crippen molar-refractivity contribution < 1.29 is 21.6 Å². The van der Waals surface area contributed by atoms with E-state index in [-0.39, 0.29) is 0 Å². The van der Waals surface area contributed by atoms with E-state index in [1.54, 1.807) is 0 Å². The molecule has 0 radical (unpaired) electrons. The molecule has 0 saturated carbocycles. The van der Waals surface area contributed by atoms with Gasteiger partial charge in [0.05, 0.1) is 11.3 Å². The van der Waals surface area contributed by atoms with Crippen LogP contribution in [-0.4, -0.2) is 13.4 Å². The number of hydrogen-bond acceptors (Lipinski definition) is 3. The van der Waals surface area contributed by atoms with Crippen molar-refractivity contribution in [2.45, 2.75) is 11.9 Å². The highest BCUT2D eigenvalue weighted by molar-refractivity contribution is 7.88. The second-order valence-electron chi connectivity index (χ2n) is 2.84. The van der Waals surface area contributed by atoms with Crippen LogP contribution in [0.5, 0.6) is 0 Å². The number of nitrogens with zero attached hydrogens (tertiary/aromatic N) is 1. The minimum absolute atomic E-state index is 0.403. The number of primary sulfonamides is 1. The standard InChI is InChI=1S/C7H7F3N2O2S/c8-7(9,10)6-3-12-2-1-5(6)4-15(11,13)14/h1-3H,4H2,(H2,11,13,14). The Balaban J connectivity index is 3.19. The Labute approximate surface area is 84.0 Å². The highest BCUT2D eigenvalue weighted by atomic mass is 32.2. The molecule has 84 valence electrons. The third kappa shape index (κ3) is 3.48. The van der Waals surface area contributed by atoms with Crippen LogP contribution in [-0.2, 0) is 22.0 Å². The summed E-state index contributed by atoms with van der Waals surface area (Å²) in [5, 5.41) is 4.66. The molecule has 0 atom stereocenters. The molecule has 0 fully saturated rings. The molecule has 0 bridgehead atoms. The second-order valence-corrected chi connectivity index (χ2v) is 4.45. The van der Waals surface area contributed by atoms with Crippen LogP contribution >= 0.6 is 0 Å². The molecule has 2 N–H and O–H groups in total.